The summed E-state index contributed by atoms with van der Waals surface area (Å²) in [5.41, 5.74) is 3.32. The molecular weight excluding hydrogens is 416 g/mol. The summed E-state index contributed by atoms with van der Waals surface area (Å²) in [6.45, 7) is 8.05. The van der Waals surface area contributed by atoms with Gasteiger partial charge in [0.2, 0.25) is 0 Å². The summed E-state index contributed by atoms with van der Waals surface area (Å²) >= 11 is 0. The Hall–Kier alpha value is -3.87. The highest BCUT2D eigenvalue weighted by Crippen LogP contribution is 2.33. The highest BCUT2D eigenvalue weighted by atomic mass is 16.5. The molecule has 0 unspecified atom stereocenters. The summed E-state index contributed by atoms with van der Waals surface area (Å²) in [6.07, 6.45) is 0. The van der Waals surface area contributed by atoms with Crippen LogP contribution in [0.1, 0.15) is 36.8 Å². The van der Waals surface area contributed by atoms with Gasteiger partial charge in [0.1, 0.15) is 5.82 Å². The van der Waals surface area contributed by atoms with Crippen molar-refractivity contribution < 1.29 is 14.3 Å². The number of para-hydroxylation sites is 1. The number of rotatable bonds is 5. The molecule has 1 amide bonds. The van der Waals surface area contributed by atoms with Crippen LogP contribution in [0.3, 0.4) is 0 Å². The molecule has 0 aliphatic carbocycles. The number of pyridine rings is 1. The smallest absolute Gasteiger partial charge is 0.257 e. The lowest BCUT2D eigenvalue weighted by atomic mass is 10.0. The van der Waals surface area contributed by atoms with E-state index in [0.29, 0.717) is 28.6 Å². The summed E-state index contributed by atoms with van der Waals surface area (Å²) in [7, 11) is 3.19. The van der Waals surface area contributed by atoms with E-state index < -0.39 is 0 Å². The summed E-state index contributed by atoms with van der Waals surface area (Å²) < 4.78 is 12.6. The Morgan fingerprint density at radius 3 is 2.39 bits per heavy atom. The zero-order chi connectivity index (χ0) is 23.8. The third-order valence-corrected chi connectivity index (χ3v) is 5.35. The van der Waals surface area contributed by atoms with Crippen molar-refractivity contribution in [3.8, 4) is 22.8 Å². The number of aromatic nitrogens is 3. The second-order valence-electron chi connectivity index (χ2n) is 8.85. The standard InChI is InChI=1S/C26H28N4O3/c1-16-13-24(30(29-16)26(2,3)4)28-25(31)19-15-21(27-20-10-8-7-9-18(19)20)17-11-12-22(32-5)23(14-17)33-6/h7-15H,1-6H3,(H,28,31). The van der Waals surface area contributed by atoms with Gasteiger partial charge in [0.25, 0.3) is 5.91 Å². The molecule has 0 saturated carbocycles. The van der Waals surface area contributed by atoms with Gasteiger partial charge in [-0.05, 0) is 58.0 Å². The average molecular weight is 445 g/mol. The number of ether oxygens (including phenoxy) is 2. The summed E-state index contributed by atoms with van der Waals surface area (Å²) in [6, 6.07) is 16.9. The summed E-state index contributed by atoms with van der Waals surface area (Å²) in [5.74, 6) is 1.66. The van der Waals surface area contributed by atoms with Crippen molar-refractivity contribution in [2.24, 2.45) is 0 Å². The Morgan fingerprint density at radius 2 is 1.70 bits per heavy atom. The van der Waals surface area contributed by atoms with E-state index in [-0.39, 0.29) is 11.4 Å². The number of hydrogen-bond donors (Lipinski definition) is 1. The lowest BCUT2D eigenvalue weighted by molar-refractivity contribution is 0.102. The van der Waals surface area contributed by atoms with E-state index in [2.05, 4.69) is 10.4 Å². The van der Waals surface area contributed by atoms with Gasteiger partial charge in [0.15, 0.2) is 11.5 Å². The fraction of sp³-hybridized carbons (Fsp3) is 0.269. The number of methoxy groups -OCH3 is 2. The van der Waals surface area contributed by atoms with Crippen molar-refractivity contribution in [3.63, 3.8) is 0 Å². The predicted octanol–water partition coefficient (Wildman–Crippen LogP) is 5.43. The van der Waals surface area contributed by atoms with Gasteiger partial charge in [-0.2, -0.15) is 5.10 Å². The van der Waals surface area contributed by atoms with Crippen LogP contribution >= 0.6 is 0 Å². The largest absolute Gasteiger partial charge is 0.493 e. The van der Waals surface area contributed by atoms with Crippen molar-refractivity contribution in [1.82, 2.24) is 14.8 Å². The van der Waals surface area contributed by atoms with Crippen LogP contribution < -0.4 is 14.8 Å². The molecule has 0 radical (unpaired) electrons. The average Bonchev–Trinajstić information content (AvgIpc) is 3.18. The number of nitrogens with one attached hydrogen (secondary N) is 1. The minimum absolute atomic E-state index is 0.222. The SMILES string of the molecule is COc1ccc(-c2cc(C(=O)Nc3cc(C)nn3C(C)(C)C)c3ccccc3n2)cc1OC. The zero-order valence-electron chi connectivity index (χ0n) is 19.8. The van der Waals surface area contributed by atoms with E-state index in [4.69, 9.17) is 14.5 Å². The summed E-state index contributed by atoms with van der Waals surface area (Å²) in [5, 5.41) is 8.39. The molecule has 0 saturated heterocycles. The highest BCUT2D eigenvalue weighted by Gasteiger charge is 2.22. The first-order valence-electron chi connectivity index (χ1n) is 10.7. The van der Waals surface area contributed by atoms with Crippen LogP contribution in [-0.4, -0.2) is 34.9 Å². The van der Waals surface area contributed by atoms with Crippen LogP contribution in [0.25, 0.3) is 22.2 Å². The normalized spacial score (nSPS) is 11.5. The second-order valence-corrected chi connectivity index (χ2v) is 8.85. The predicted molar refractivity (Wildman–Crippen MR) is 130 cm³/mol. The van der Waals surface area contributed by atoms with Gasteiger partial charge in [-0.25, -0.2) is 9.67 Å². The van der Waals surface area contributed by atoms with E-state index in [1.165, 1.54) is 0 Å². The van der Waals surface area contributed by atoms with E-state index in [0.717, 1.165) is 22.2 Å². The molecule has 7 heteroatoms. The number of benzene rings is 2. The molecule has 1 N–H and O–H groups in total. The fourth-order valence-corrected chi connectivity index (χ4v) is 3.79. The number of carbonyl (C=O) groups excluding carboxylic acids is 1. The molecule has 0 aliphatic rings. The number of hydrogen-bond acceptors (Lipinski definition) is 5. The molecule has 7 nitrogen and oxygen atoms in total. The molecule has 0 spiro atoms. The first-order valence-corrected chi connectivity index (χ1v) is 10.7. The Kier molecular flexibility index (Phi) is 5.80. The Labute approximate surface area is 193 Å². The molecule has 2 aromatic heterocycles. The Morgan fingerprint density at radius 1 is 0.970 bits per heavy atom. The van der Waals surface area contributed by atoms with Gasteiger partial charge < -0.3 is 14.8 Å². The molecule has 0 bridgehead atoms. The van der Waals surface area contributed by atoms with Crippen LogP contribution in [-0.2, 0) is 5.54 Å². The topological polar surface area (TPSA) is 78.3 Å². The second kappa shape index (κ2) is 8.58. The number of nitrogens with zero attached hydrogens (tertiary/aromatic N) is 3. The molecule has 4 aromatic rings. The first-order chi connectivity index (χ1) is 15.7. The quantitative estimate of drug-likeness (QED) is 0.444. The van der Waals surface area contributed by atoms with E-state index in [9.17, 15) is 4.79 Å². The zero-order valence-corrected chi connectivity index (χ0v) is 19.8. The minimum atomic E-state index is -0.276. The van der Waals surface area contributed by atoms with Crippen LogP contribution in [0.5, 0.6) is 11.5 Å². The lowest BCUT2D eigenvalue weighted by Crippen LogP contribution is -2.27. The van der Waals surface area contributed by atoms with Crippen LogP contribution in [0, 0.1) is 6.92 Å². The molecule has 2 heterocycles. The van der Waals surface area contributed by atoms with Crippen molar-refractivity contribution in [2.45, 2.75) is 33.2 Å². The van der Waals surface area contributed by atoms with E-state index in [1.54, 1.807) is 14.2 Å². The lowest BCUT2D eigenvalue weighted by Gasteiger charge is -2.22. The van der Waals surface area contributed by atoms with Gasteiger partial charge in [-0.1, -0.05) is 18.2 Å². The fourth-order valence-electron chi connectivity index (χ4n) is 3.79. The third kappa shape index (κ3) is 4.39. The van der Waals surface area contributed by atoms with Crippen LogP contribution in [0.4, 0.5) is 5.82 Å². The Bertz CT molecular complexity index is 1340. The highest BCUT2D eigenvalue weighted by molar-refractivity contribution is 6.12. The third-order valence-electron chi connectivity index (χ3n) is 5.35. The van der Waals surface area contributed by atoms with Crippen molar-refractivity contribution in [1.29, 1.82) is 0 Å². The van der Waals surface area contributed by atoms with Crippen molar-refractivity contribution in [2.75, 3.05) is 19.5 Å². The maximum atomic E-state index is 13.5. The van der Waals surface area contributed by atoms with Crippen LogP contribution in [0.2, 0.25) is 0 Å². The van der Waals surface area contributed by atoms with Crippen molar-refractivity contribution >= 4 is 22.6 Å². The Balaban J connectivity index is 1.81. The maximum Gasteiger partial charge on any atom is 0.257 e. The molecule has 0 aliphatic heterocycles. The molecule has 33 heavy (non-hydrogen) atoms. The first kappa shape index (κ1) is 22.3. The van der Waals surface area contributed by atoms with Gasteiger partial charge in [0.05, 0.1) is 42.2 Å². The van der Waals surface area contributed by atoms with Gasteiger partial charge in [-0.15, -0.1) is 0 Å². The number of fused-ring (bicyclic) bond motifs is 1. The number of anilines is 1. The van der Waals surface area contributed by atoms with Crippen LogP contribution in [0.15, 0.2) is 54.6 Å². The molecule has 4 rings (SSSR count). The van der Waals surface area contributed by atoms with E-state index >= 15 is 0 Å². The van der Waals surface area contributed by atoms with Gasteiger partial charge in [0, 0.05) is 17.0 Å². The van der Waals surface area contributed by atoms with Gasteiger partial charge in [-0.3, -0.25) is 4.79 Å². The number of aryl methyl sites for hydroxylation is 1. The number of amides is 1. The maximum absolute atomic E-state index is 13.5. The molecule has 0 atom stereocenters. The van der Waals surface area contributed by atoms with Crippen molar-refractivity contribution in [3.05, 3.63) is 65.9 Å². The molecule has 170 valence electrons. The minimum Gasteiger partial charge on any atom is -0.493 e. The molecule has 0 fully saturated rings. The number of carbonyl (C=O) groups is 1. The monoisotopic (exact) mass is 444 g/mol. The summed E-state index contributed by atoms with van der Waals surface area (Å²) in [4.78, 5) is 18.3. The molecular formula is C26H28N4O3. The van der Waals surface area contributed by atoms with E-state index in [1.807, 2.05) is 87.0 Å². The molecule has 2 aromatic carbocycles. The van der Waals surface area contributed by atoms with Gasteiger partial charge >= 0.3 is 0 Å².